The summed E-state index contributed by atoms with van der Waals surface area (Å²) in [4.78, 5) is 24.3. The van der Waals surface area contributed by atoms with Crippen LogP contribution in [0.5, 0.6) is 0 Å². The molecule has 4 aliphatic carbocycles. The van der Waals surface area contributed by atoms with Crippen molar-refractivity contribution in [1.82, 2.24) is 0 Å². The normalized spacial score (nSPS) is 43.9. The van der Waals surface area contributed by atoms with Gasteiger partial charge in [0.05, 0.1) is 13.4 Å². The van der Waals surface area contributed by atoms with E-state index in [4.69, 9.17) is 14.2 Å². The van der Waals surface area contributed by atoms with Crippen molar-refractivity contribution < 1.29 is 23.8 Å². The van der Waals surface area contributed by atoms with Crippen LogP contribution in [0.25, 0.3) is 0 Å². The van der Waals surface area contributed by atoms with Crippen molar-refractivity contribution >= 4 is 11.9 Å². The Bertz CT molecular complexity index is 852. The number of esters is 2. The zero-order valence-corrected chi connectivity index (χ0v) is 24.5. The molecule has 0 heterocycles. The second-order valence-corrected chi connectivity index (χ2v) is 13.4. The van der Waals surface area contributed by atoms with Crippen molar-refractivity contribution in [1.29, 1.82) is 0 Å². The van der Waals surface area contributed by atoms with Gasteiger partial charge in [0.2, 0.25) is 0 Å². The smallest absolute Gasteiger partial charge is 0.302 e. The van der Waals surface area contributed by atoms with Crippen LogP contribution in [0.2, 0.25) is 0 Å². The maximum absolute atomic E-state index is 12.5. The van der Waals surface area contributed by atoms with E-state index in [1.807, 2.05) is 0 Å². The molecule has 0 aromatic rings. The molecule has 0 saturated heterocycles. The van der Waals surface area contributed by atoms with E-state index in [-0.39, 0.29) is 29.6 Å². The van der Waals surface area contributed by atoms with Gasteiger partial charge >= 0.3 is 11.9 Å². The van der Waals surface area contributed by atoms with Crippen molar-refractivity contribution in [2.45, 2.75) is 118 Å². The van der Waals surface area contributed by atoms with E-state index < -0.39 is 0 Å². The molecular weight excluding hydrogens is 464 g/mol. The molecule has 0 spiro atoms. The van der Waals surface area contributed by atoms with Crippen molar-refractivity contribution in [2.75, 3.05) is 7.11 Å². The third kappa shape index (κ3) is 5.22. The van der Waals surface area contributed by atoms with Crippen molar-refractivity contribution in [3.63, 3.8) is 0 Å². The van der Waals surface area contributed by atoms with Gasteiger partial charge in [-0.15, -0.1) is 0 Å². The summed E-state index contributed by atoms with van der Waals surface area (Å²) in [5.74, 6) is 3.44. The molecule has 4 aliphatic rings. The van der Waals surface area contributed by atoms with Crippen LogP contribution in [0, 0.1) is 52.3 Å². The van der Waals surface area contributed by atoms with E-state index in [1.165, 1.54) is 39.0 Å². The van der Waals surface area contributed by atoms with Crippen LogP contribution in [-0.4, -0.2) is 31.3 Å². The lowest BCUT2D eigenvalue weighted by atomic mass is 9.41. The third-order valence-corrected chi connectivity index (χ3v) is 11.8. The molecule has 0 aromatic carbocycles. The summed E-state index contributed by atoms with van der Waals surface area (Å²) in [6, 6.07) is 0. The molecule has 5 heteroatoms. The van der Waals surface area contributed by atoms with Gasteiger partial charge in [0, 0.05) is 19.8 Å². The first-order chi connectivity index (χ1) is 17.6. The Labute approximate surface area is 225 Å². The molecular formula is C32H52O5. The highest BCUT2D eigenvalue weighted by Gasteiger charge is 2.66. The SMILES string of the molecule is CC[C@@H]1C2C[C@H](OC(C)=O)CCC2(C)[C@H]2CCC3(C)C([C@H](C)CC/C=C/OC)CC[C@H]3[C@@H]2[C@@H]1OC(C)=O. The number of methoxy groups -OCH3 is 1. The first kappa shape index (κ1) is 28.5. The van der Waals surface area contributed by atoms with E-state index in [2.05, 4.69) is 33.8 Å². The van der Waals surface area contributed by atoms with Gasteiger partial charge in [-0.25, -0.2) is 0 Å². The lowest BCUT2D eigenvalue weighted by Crippen LogP contribution is -2.63. The van der Waals surface area contributed by atoms with Crippen LogP contribution in [0.15, 0.2) is 12.3 Å². The molecule has 11 atom stereocenters. The number of carbonyl (C=O) groups is 2. The van der Waals surface area contributed by atoms with Gasteiger partial charge in [-0.05, 0) is 117 Å². The number of ether oxygens (including phenoxy) is 3. The first-order valence-electron chi connectivity index (χ1n) is 15.1. The second kappa shape index (κ2) is 11.3. The fourth-order valence-corrected chi connectivity index (χ4v) is 10.3. The Morgan fingerprint density at radius 3 is 2.27 bits per heavy atom. The minimum atomic E-state index is -0.177. The molecule has 0 N–H and O–H groups in total. The van der Waals surface area contributed by atoms with Crippen LogP contribution in [0.3, 0.4) is 0 Å². The summed E-state index contributed by atoms with van der Waals surface area (Å²) in [6.45, 7) is 12.9. The van der Waals surface area contributed by atoms with Gasteiger partial charge in [0.1, 0.15) is 12.2 Å². The molecule has 0 radical (unpaired) electrons. The minimum Gasteiger partial charge on any atom is -0.505 e. The molecule has 4 rings (SSSR count). The van der Waals surface area contributed by atoms with Crippen LogP contribution in [-0.2, 0) is 23.8 Å². The van der Waals surface area contributed by atoms with E-state index in [9.17, 15) is 9.59 Å². The fraction of sp³-hybridized carbons (Fsp3) is 0.875. The Morgan fingerprint density at radius 2 is 1.62 bits per heavy atom. The van der Waals surface area contributed by atoms with Crippen LogP contribution in [0.4, 0.5) is 0 Å². The highest BCUT2D eigenvalue weighted by molar-refractivity contribution is 5.66. The average molecular weight is 517 g/mol. The molecule has 0 bridgehead atoms. The molecule has 4 unspecified atom stereocenters. The summed E-state index contributed by atoms with van der Waals surface area (Å²) in [5, 5.41) is 0. The quantitative estimate of drug-likeness (QED) is 0.250. The number of carbonyl (C=O) groups excluding carboxylic acids is 2. The predicted molar refractivity (Wildman–Crippen MR) is 145 cm³/mol. The van der Waals surface area contributed by atoms with E-state index in [0.29, 0.717) is 40.9 Å². The van der Waals surface area contributed by atoms with Crippen molar-refractivity contribution in [2.24, 2.45) is 52.3 Å². The third-order valence-electron chi connectivity index (χ3n) is 11.8. The molecule has 4 fully saturated rings. The van der Waals surface area contributed by atoms with Crippen LogP contribution in [0.1, 0.15) is 106 Å². The largest absolute Gasteiger partial charge is 0.505 e. The summed E-state index contributed by atoms with van der Waals surface area (Å²) >= 11 is 0. The van der Waals surface area contributed by atoms with Gasteiger partial charge in [0.25, 0.3) is 0 Å². The Hall–Kier alpha value is -1.52. The van der Waals surface area contributed by atoms with E-state index in [1.54, 1.807) is 20.3 Å². The number of allylic oxidation sites excluding steroid dienone is 1. The van der Waals surface area contributed by atoms with Gasteiger partial charge in [-0.1, -0.05) is 27.7 Å². The Morgan fingerprint density at radius 1 is 0.946 bits per heavy atom. The second-order valence-electron chi connectivity index (χ2n) is 13.4. The number of hydrogen-bond donors (Lipinski definition) is 0. The summed E-state index contributed by atoms with van der Waals surface area (Å²) in [6.07, 6.45) is 15.2. The van der Waals surface area contributed by atoms with Crippen LogP contribution < -0.4 is 0 Å². The Kier molecular flexibility index (Phi) is 8.70. The summed E-state index contributed by atoms with van der Waals surface area (Å²) in [5.41, 5.74) is 0.523. The molecule has 5 nitrogen and oxygen atoms in total. The Balaban J connectivity index is 1.64. The molecule has 37 heavy (non-hydrogen) atoms. The highest BCUT2D eigenvalue weighted by Crippen LogP contribution is 2.70. The molecule has 210 valence electrons. The fourth-order valence-electron chi connectivity index (χ4n) is 10.3. The number of hydrogen-bond acceptors (Lipinski definition) is 5. The highest BCUT2D eigenvalue weighted by atomic mass is 16.5. The lowest BCUT2D eigenvalue weighted by molar-refractivity contribution is -0.219. The topological polar surface area (TPSA) is 61.8 Å². The van der Waals surface area contributed by atoms with E-state index >= 15 is 0 Å². The maximum Gasteiger partial charge on any atom is 0.302 e. The monoisotopic (exact) mass is 516 g/mol. The van der Waals surface area contributed by atoms with Crippen molar-refractivity contribution in [3.8, 4) is 0 Å². The van der Waals surface area contributed by atoms with Gasteiger partial charge in [0.15, 0.2) is 0 Å². The van der Waals surface area contributed by atoms with Crippen LogP contribution >= 0.6 is 0 Å². The van der Waals surface area contributed by atoms with Crippen molar-refractivity contribution in [3.05, 3.63) is 12.3 Å². The zero-order chi connectivity index (χ0) is 27.0. The zero-order valence-electron chi connectivity index (χ0n) is 24.5. The predicted octanol–water partition coefficient (Wildman–Crippen LogP) is 7.33. The molecule has 0 amide bonds. The summed E-state index contributed by atoms with van der Waals surface area (Å²) < 4.78 is 17.2. The lowest BCUT2D eigenvalue weighted by Gasteiger charge is -2.65. The van der Waals surface area contributed by atoms with E-state index in [0.717, 1.165) is 38.0 Å². The number of rotatable bonds is 8. The van der Waals surface area contributed by atoms with Gasteiger partial charge < -0.3 is 14.2 Å². The minimum absolute atomic E-state index is 0.00289. The summed E-state index contributed by atoms with van der Waals surface area (Å²) in [7, 11) is 1.71. The van der Waals surface area contributed by atoms with Gasteiger partial charge in [-0.2, -0.15) is 0 Å². The first-order valence-corrected chi connectivity index (χ1v) is 15.1. The van der Waals surface area contributed by atoms with Gasteiger partial charge in [-0.3, -0.25) is 9.59 Å². The standard InChI is InChI=1S/C32H52O5/c1-8-24-28-19-23(36-21(3)33)14-16-32(28,6)27-15-17-31(5)25(20(2)11-9-10-18-35-7)12-13-26(31)29(27)30(24)37-22(4)34/h10,18,20,23-30H,8-9,11-17,19H2,1-7H3/b18-10+/t20-,23-,24-,25?,26+,27+,28?,29+,30-,31?,32?/m1/s1. The molecule has 0 aromatic heterocycles. The average Bonchev–Trinajstić information content (AvgIpc) is 3.19. The molecule has 0 aliphatic heterocycles. The number of fused-ring (bicyclic) bond motifs is 5. The maximum atomic E-state index is 12.5. The molecule has 4 saturated carbocycles.